The van der Waals surface area contributed by atoms with Gasteiger partial charge in [-0.3, -0.25) is 9.97 Å². The highest BCUT2D eigenvalue weighted by molar-refractivity contribution is 7.86. The maximum absolute atomic E-state index is 12.6. The van der Waals surface area contributed by atoms with E-state index < -0.39 is 10.2 Å². The van der Waals surface area contributed by atoms with Crippen molar-refractivity contribution in [2.45, 2.75) is 32.7 Å². The average Bonchev–Trinajstić information content (AvgIpc) is 2.91. The Labute approximate surface area is 114 Å². The second-order valence-electron chi connectivity index (χ2n) is 4.49. The molecule has 1 atom stereocenters. The van der Waals surface area contributed by atoms with Gasteiger partial charge in [0, 0.05) is 32.0 Å². The van der Waals surface area contributed by atoms with Gasteiger partial charge >= 0.3 is 0 Å². The van der Waals surface area contributed by atoms with Crippen molar-refractivity contribution < 1.29 is 8.42 Å². The lowest BCUT2D eigenvalue weighted by Crippen LogP contribution is -2.43. The third kappa shape index (κ3) is 2.77. The van der Waals surface area contributed by atoms with Crippen LogP contribution in [0.2, 0.25) is 0 Å². The van der Waals surface area contributed by atoms with Crippen LogP contribution in [0.3, 0.4) is 0 Å². The van der Waals surface area contributed by atoms with Gasteiger partial charge in [-0.05, 0) is 12.8 Å². The molecule has 1 saturated heterocycles. The van der Waals surface area contributed by atoms with Crippen LogP contribution in [-0.4, -0.2) is 46.6 Å². The summed E-state index contributed by atoms with van der Waals surface area (Å²) in [6, 6.07) is -0.181. The molecule has 6 nitrogen and oxygen atoms in total. The second-order valence-corrected chi connectivity index (χ2v) is 6.37. The van der Waals surface area contributed by atoms with Crippen LogP contribution >= 0.6 is 0 Å². The number of hydrogen-bond donors (Lipinski definition) is 0. The van der Waals surface area contributed by atoms with Crippen LogP contribution in [-0.2, 0) is 10.2 Å². The number of hydrogen-bond acceptors (Lipinski definition) is 4. The lowest BCUT2D eigenvalue weighted by molar-refractivity contribution is 0.334. The van der Waals surface area contributed by atoms with E-state index in [1.54, 1.807) is 22.9 Å². The first-order valence-electron chi connectivity index (χ1n) is 6.64. The summed E-state index contributed by atoms with van der Waals surface area (Å²) in [5, 5.41) is 0. The Balaban J connectivity index is 2.29. The van der Waals surface area contributed by atoms with Crippen LogP contribution in [0.1, 0.15) is 38.4 Å². The van der Waals surface area contributed by atoms with Crippen molar-refractivity contribution in [2.24, 2.45) is 0 Å². The Hall–Kier alpha value is -1.05. The smallest absolute Gasteiger partial charge is 0.261 e. The molecule has 1 fully saturated rings. The average molecular weight is 284 g/mol. The highest BCUT2D eigenvalue weighted by Gasteiger charge is 2.38. The third-order valence-electron chi connectivity index (χ3n) is 3.46. The van der Waals surface area contributed by atoms with Gasteiger partial charge in [0.2, 0.25) is 0 Å². The standard InChI is InChI=1S/C12H20N4O2S/c1-3-15(4-2)19(17,18)16-9-5-6-12(16)11-10-13-7-8-14-11/h7-8,10,12H,3-6,9H2,1-2H3/t12-/m1/s1. The first-order valence-corrected chi connectivity index (χ1v) is 8.03. The topological polar surface area (TPSA) is 66.4 Å². The van der Waals surface area contributed by atoms with Gasteiger partial charge in [0.05, 0.1) is 17.9 Å². The Morgan fingerprint density at radius 3 is 2.68 bits per heavy atom. The highest BCUT2D eigenvalue weighted by Crippen LogP contribution is 2.33. The molecule has 0 unspecified atom stereocenters. The van der Waals surface area contributed by atoms with Crippen molar-refractivity contribution in [3.05, 3.63) is 24.3 Å². The zero-order valence-corrected chi connectivity index (χ0v) is 12.2. The molecule has 106 valence electrons. The quantitative estimate of drug-likeness (QED) is 0.815. The largest absolute Gasteiger partial charge is 0.282 e. The van der Waals surface area contributed by atoms with Crippen molar-refractivity contribution in [2.75, 3.05) is 19.6 Å². The van der Waals surface area contributed by atoms with Crippen LogP contribution in [0, 0.1) is 0 Å². The Kier molecular flexibility index (Phi) is 4.49. The summed E-state index contributed by atoms with van der Waals surface area (Å²) in [6.45, 7) is 5.24. The van der Waals surface area contributed by atoms with Gasteiger partial charge < -0.3 is 0 Å². The van der Waals surface area contributed by atoms with Crippen molar-refractivity contribution in [3.63, 3.8) is 0 Å². The van der Waals surface area contributed by atoms with Gasteiger partial charge in [0.25, 0.3) is 10.2 Å². The SMILES string of the molecule is CCN(CC)S(=O)(=O)N1CCC[C@@H]1c1cnccn1. The molecule has 2 heterocycles. The molecule has 0 N–H and O–H groups in total. The normalized spacial score (nSPS) is 21.1. The summed E-state index contributed by atoms with van der Waals surface area (Å²) >= 11 is 0. The van der Waals surface area contributed by atoms with E-state index in [9.17, 15) is 8.42 Å². The molecule has 19 heavy (non-hydrogen) atoms. The van der Waals surface area contributed by atoms with Crippen molar-refractivity contribution in [3.8, 4) is 0 Å². The number of nitrogens with zero attached hydrogens (tertiary/aromatic N) is 4. The van der Waals surface area contributed by atoms with E-state index in [1.165, 1.54) is 4.31 Å². The molecular formula is C12H20N4O2S. The molecule has 1 aromatic rings. The molecular weight excluding hydrogens is 264 g/mol. The number of aromatic nitrogens is 2. The molecule has 0 aliphatic carbocycles. The molecule has 0 aromatic carbocycles. The van der Waals surface area contributed by atoms with Crippen molar-refractivity contribution in [1.29, 1.82) is 0 Å². The van der Waals surface area contributed by atoms with Gasteiger partial charge in [-0.1, -0.05) is 13.8 Å². The summed E-state index contributed by atoms with van der Waals surface area (Å²) in [4.78, 5) is 8.28. The van der Waals surface area contributed by atoms with Crippen molar-refractivity contribution in [1.82, 2.24) is 18.6 Å². The predicted molar refractivity (Wildman–Crippen MR) is 72.6 cm³/mol. The first kappa shape index (κ1) is 14.4. The second kappa shape index (κ2) is 5.94. The molecule has 1 aromatic heterocycles. The molecule has 7 heteroatoms. The zero-order valence-electron chi connectivity index (χ0n) is 11.4. The minimum Gasteiger partial charge on any atom is -0.261 e. The fourth-order valence-electron chi connectivity index (χ4n) is 2.49. The Bertz CT molecular complexity index is 502. The first-order chi connectivity index (χ1) is 9.11. The molecule has 0 saturated carbocycles. The van der Waals surface area contributed by atoms with Gasteiger partial charge in [0.1, 0.15) is 0 Å². The van der Waals surface area contributed by atoms with Gasteiger partial charge in [-0.25, -0.2) is 0 Å². The van der Waals surface area contributed by atoms with Crippen molar-refractivity contribution >= 4 is 10.2 Å². The van der Waals surface area contributed by atoms with E-state index in [-0.39, 0.29) is 6.04 Å². The number of rotatable bonds is 5. The maximum atomic E-state index is 12.6. The van der Waals surface area contributed by atoms with Gasteiger partial charge in [-0.15, -0.1) is 0 Å². The summed E-state index contributed by atoms with van der Waals surface area (Å²) in [5.74, 6) is 0. The molecule has 1 aliphatic heterocycles. The van der Waals surface area contributed by atoms with E-state index in [0.29, 0.717) is 19.6 Å². The minimum atomic E-state index is -3.40. The predicted octanol–water partition coefficient (Wildman–Crippen LogP) is 1.20. The van der Waals surface area contributed by atoms with E-state index in [1.807, 2.05) is 13.8 Å². The van der Waals surface area contributed by atoms with E-state index in [2.05, 4.69) is 9.97 Å². The fourth-order valence-corrected chi connectivity index (χ4v) is 4.34. The van der Waals surface area contributed by atoms with Crippen LogP contribution in [0.25, 0.3) is 0 Å². The third-order valence-corrected chi connectivity index (χ3v) is 5.66. The molecule has 0 spiro atoms. The lowest BCUT2D eigenvalue weighted by Gasteiger charge is -2.29. The minimum absolute atomic E-state index is 0.181. The van der Waals surface area contributed by atoms with Crippen LogP contribution in [0.15, 0.2) is 18.6 Å². The van der Waals surface area contributed by atoms with Crippen LogP contribution in [0.5, 0.6) is 0 Å². The highest BCUT2D eigenvalue weighted by atomic mass is 32.2. The van der Waals surface area contributed by atoms with Crippen LogP contribution < -0.4 is 0 Å². The Morgan fingerprint density at radius 1 is 1.37 bits per heavy atom. The van der Waals surface area contributed by atoms with Crippen LogP contribution in [0.4, 0.5) is 0 Å². The Morgan fingerprint density at radius 2 is 2.11 bits per heavy atom. The molecule has 0 radical (unpaired) electrons. The monoisotopic (exact) mass is 284 g/mol. The fraction of sp³-hybridized carbons (Fsp3) is 0.667. The maximum Gasteiger partial charge on any atom is 0.282 e. The van der Waals surface area contributed by atoms with E-state index in [4.69, 9.17) is 0 Å². The molecule has 0 bridgehead atoms. The zero-order chi connectivity index (χ0) is 13.9. The van der Waals surface area contributed by atoms with E-state index >= 15 is 0 Å². The van der Waals surface area contributed by atoms with Gasteiger partial charge in [0.15, 0.2) is 0 Å². The summed E-state index contributed by atoms with van der Waals surface area (Å²) in [5.41, 5.74) is 0.732. The summed E-state index contributed by atoms with van der Waals surface area (Å²) in [6.07, 6.45) is 6.53. The summed E-state index contributed by atoms with van der Waals surface area (Å²) in [7, 11) is -3.40. The van der Waals surface area contributed by atoms with E-state index in [0.717, 1.165) is 18.5 Å². The van der Waals surface area contributed by atoms with Gasteiger partial charge in [-0.2, -0.15) is 17.0 Å². The molecule has 1 aliphatic rings. The summed E-state index contributed by atoms with van der Waals surface area (Å²) < 4.78 is 28.2. The lowest BCUT2D eigenvalue weighted by atomic mass is 10.2. The molecule has 2 rings (SSSR count). The molecule has 0 amide bonds.